The Bertz CT molecular complexity index is 767. The monoisotopic (exact) mass is 381 g/mol. The Hall–Kier alpha value is -3.15. The Morgan fingerprint density at radius 3 is 1.61 bits per heavy atom. The van der Waals surface area contributed by atoms with Gasteiger partial charge in [-0.3, -0.25) is 14.4 Å². The summed E-state index contributed by atoms with van der Waals surface area (Å²) in [6.45, 7) is 5.00. The number of primary amides is 1. The third-order valence-electron chi connectivity index (χ3n) is 4.56. The van der Waals surface area contributed by atoms with Crippen LogP contribution in [-0.2, 0) is 14.4 Å². The molecule has 0 heterocycles. The molecular formula is C22H27N3O3. The van der Waals surface area contributed by atoms with Crippen molar-refractivity contribution in [3.63, 3.8) is 0 Å². The molecule has 148 valence electrons. The molecule has 3 amide bonds. The van der Waals surface area contributed by atoms with E-state index in [1.807, 2.05) is 74.5 Å². The van der Waals surface area contributed by atoms with Crippen LogP contribution < -0.4 is 16.4 Å². The van der Waals surface area contributed by atoms with Crippen LogP contribution in [0, 0.1) is 5.92 Å². The molecule has 0 aromatic heterocycles. The summed E-state index contributed by atoms with van der Waals surface area (Å²) < 4.78 is 0. The highest BCUT2D eigenvalue weighted by Crippen LogP contribution is 2.28. The third-order valence-corrected chi connectivity index (χ3v) is 4.56. The van der Waals surface area contributed by atoms with Crippen molar-refractivity contribution in [2.45, 2.75) is 38.8 Å². The van der Waals surface area contributed by atoms with Crippen molar-refractivity contribution < 1.29 is 14.4 Å². The van der Waals surface area contributed by atoms with Crippen molar-refractivity contribution >= 4 is 17.7 Å². The Labute approximate surface area is 165 Å². The predicted octanol–water partition coefficient (Wildman–Crippen LogP) is 1.95. The minimum absolute atomic E-state index is 0.149. The van der Waals surface area contributed by atoms with Gasteiger partial charge in [0.1, 0.15) is 12.1 Å². The van der Waals surface area contributed by atoms with Crippen LogP contribution in [0.3, 0.4) is 0 Å². The molecule has 0 fully saturated rings. The minimum Gasteiger partial charge on any atom is -0.368 e. The van der Waals surface area contributed by atoms with Gasteiger partial charge in [-0.15, -0.1) is 0 Å². The number of amides is 3. The molecule has 0 saturated heterocycles. The molecule has 0 aliphatic carbocycles. The number of benzene rings is 2. The van der Waals surface area contributed by atoms with Gasteiger partial charge in [-0.05, 0) is 17.0 Å². The van der Waals surface area contributed by atoms with Gasteiger partial charge < -0.3 is 16.4 Å². The number of carbonyl (C=O) groups excluding carboxylic acids is 3. The lowest BCUT2D eigenvalue weighted by Crippen LogP contribution is -2.56. The van der Waals surface area contributed by atoms with Gasteiger partial charge in [0.05, 0.1) is 0 Å². The largest absolute Gasteiger partial charge is 0.368 e. The van der Waals surface area contributed by atoms with Gasteiger partial charge >= 0.3 is 0 Å². The molecule has 2 aromatic carbocycles. The van der Waals surface area contributed by atoms with Gasteiger partial charge in [0.2, 0.25) is 17.7 Å². The van der Waals surface area contributed by atoms with E-state index in [2.05, 4.69) is 10.6 Å². The lowest BCUT2D eigenvalue weighted by Gasteiger charge is -2.29. The minimum atomic E-state index is -0.965. The van der Waals surface area contributed by atoms with E-state index in [4.69, 9.17) is 5.73 Å². The highest BCUT2D eigenvalue weighted by Gasteiger charge is 2.33. The highest BCUT2D eigenvalue weighted by molar-refractivity contribution is 5.92. The number of nitrogens with two attached hydrogens (primary N) is 1. The molecule has 0 spiro atoms. The molecule has 0 unspecified atom stereocenters. The fraction of sp³-hybridized carbons (Fsp3) is 0.318. The lowest BCUT2D eigenvalue weighted by molar-refractivity contribution is -0.132. The van der Waals surface area contributed by atoms with E-state index in [1.54, 1.807) is 0 Å². The summed E-state index contributed by atoms with van der Waals surface area (Å²) in [5, 5.41) is 5.41. The average Bonchev–Trinajstić information content (AvgIpc) is 2.66. The molecule has 2 atom stereocenters. The second-order valence-corrected chi connectivity index (χ2v) is 7.11. The fourth-order valence-corrected chi connectivity index (χ4v) is 3.21. The SMILES string of the molecule is CC(=O)N[C@@H](C(=O)N[C@@H](C(N)=O)C(c1ccccc1)c1ccccc1)C(C)C. The Kier molecular flexibility index (Phi) is 7.32. The van der Waals surface area contributed by atoms with E-state index >= 15 is 0 Å². The summed E-state index contributed by atoms with van der Waals surface area (Å²) in [5.41, 5.74) is 7.42. The summed E-state index contributed by atoms with van der Waals surface area (Å²) in [6.07, 6.45) is 0. The van der Waals surface area contributed by atoms with E-state index < -0.39 is 29.8 Å². The lowest BCUT2D eigenvalue weighted by atomic mass is 9.84. The van der Waals surface area contributed by atoms with E-state index in [9.17, 15) is 14.4 Å². The molecule has 0 bridgehead atoms. The van der Waals surface area contributed by atoms with Crippen molar-refractivity contribution in [1.29, 1.82) is 0 Å². The van der Waals surface area contributed by atoms with Crippen LogP contribution in [0.4, 0.5) is 0 Å². The first-order valence-electron chi connectivity index (χ1n) is 9.28. The summed E-state index contributed by atoms with van der Waals surface area (Å²) in [6, 6.07) is 17.1. The summed E-state index contributed by atoms with van der Waals surface area (Å²) in [5.74, 6) is -1.99. The molecule has 2 aromatic rings. The molecule has 0 saturated carbocycles. The van der Waals surface area contributed by atoms with Crippen molar-refractivity contribution in [2.24, 2.45) is 11.7 Å². The van der Waals surface area contributed by atoms with Crippen LogP contribution >= 0.6 is 0 Å². The summed E-state index contributed by atoms with van der Waals surface area (Å²) >= 11 is 0. The zero-order valence-corrected chi connectivity index (χ0v) is 16.4. The molecule has 28 heavy (non-hydrogen) atoms. The van der Waals surface area contributed by atoms with Crippen molar-refractivity contribution in [3.05, 3.63) is 71.8 Å². The second kappa shape index (κ2) is 9.69. The molecule has 0 radical (unpaired) electrons. The molecule has 4 N–H and O–H groups in total. The van der Waals surface area contributed by atoms with E-state index in [-0.39, 0.29) is 11.8 Å². The number of hydrogen-bond acceptors (Lipinski definition) is 3. The maximum absolute atomic E-state index is 12.9. The van der Waals surface area contributed by atoms with E-state index in [0.29, 0.717) is 0 Å². The number of nitrogens with one attached hydrogen (secondary N) is 2. The molecule has 6 heteroatoms. The van der Waals surface area contributed by atoms with Gasteiger partial charge in [0.25, 0.3) is 0 Å². The van der Waals surface area contributed by atoms with Gasteiger partial charge in [0.15, 0.2) is 0 Å². The predicted molar refractivity (Wildman–Crippen MR) is 108 cm³/mol. The Balaban J connectivity index is 2.41. The fourth-order valence-electron chi connectivity index (χ4n) is 3.21. The zero-order valence-electron chi connectivity index (χ0n) is 16.4. The Morgan fingerprint density at radius 1 is 0.786 bits per heavy atom. The maximum Gasteiger partial charge on any atom is 0.243 e. The quantitative estimate of drug-likeness (QED) is 0.651. The normalized spacial score (nSPS) is 13.0. The van der Waals surface area contributed by atoms with Crippen LogP contribution in [-0.4, -0.2) is 29.8 Å². The summed E-state index contributed by atoms with van der Waals surface area (Å²) in [4.78, 5) is 36.7. The second-order valence-electron chi connectivity index (χ2n) is 7.11. The van der Waals surface area contributed by atoms with Crippen LogP contribution in [0.15, 0.2) is 60.7 Å². The van der Waals surface area contributed by atoms with E-state index in [1.165, 1.54) is 6.92 Å². The van der Waals surface area contributed by atoms with Crippen molar-refractivity contribution in [1.82, 2.24) is 10.6 Å². The first-order chi connectivity index (χ1) is 13.3. The number of carbonyl (C=O) groups is 3. The van der Waals surface area contributed by atoms with Gasteiger partial charge in [-0.2, -0.15) is 0 Å². The maximum atomic E-state index is 12.9. The van der Waals surface area contributed by atoms with Gasteiger partial charge in [-0.25, -0.2) is 0 Å². The van der Waals surface area contributed by atoms with Crippen LogP contribution in [0.2, 0.25) is 0 Å². The smallest absolute Gasteiger partial charge is 0.243 e. The third kappa shape index (κ3) is 5.42. The van der Waals surface area contributed by atoms with Crippen molar-refractivity contribution in [3.8, 4) is 0 Å². The summed E-state index contributed by atoms with van der Waals surface area (Å²) in [7, 11) is 0. The van der Waals surface area contributed by atoms with Gasteiger partial charge in [-0.1, -0.05) is 74.5 Å². The first kappa shape index (κ1) is 21.2. The molecule has 0 aliphatic heterocycles. The number of hydrogen-bond donors (Lipinski definition) is 3. The number of rotatable bonds is 8. The first-order valence-corrected chi connectivity index (χ1v) is 9.28. The van der Waals surface area contributed by atoms with E-state index in [0.717, 1.165) is 11.1 Å². The Morgan fingerprint density at radius 2 is 1.25 bits per heavy atom. The van der Waals surface area contributed by atoms with Crippen LogP contribution in [0.1, 0.15) is 37.8 Å². The van der Waals surface area contributed by atoms with Crippen LogP contribution in [0.5, 0.6) is 0 Å². The van der Waals surface area contributed by atoms with Gasteiger partial charge in [0, 0.05) is 12.8 Å². The molecular weight excluding hydrogens is 354 g/mol. The standard InChI is InChI=1S/C22H27N3O3/c1-14(2)19(24-15(3)26)22(28)25-20(21(23)27)18(16-10-6-4-7-11-16)17-12-8-5-9-13-17/h4-14,18-20H,1-3H3,(H2,23,27)(H,24,26)(H,25,28)/t19-,20-/m1/s1. The zero-order chi connectivity index (χ0) is 20.7. The topological polar surface area (TPSA) is 101 Å². The average molecular weight is 381 g/mol. The molecule has 2 rings (SSSR count). The van der Waals surface area contributed by atoms with Crippen LogP contribution in [0.25, 0.3) is 0 Å². The molecule has 6 nitrogen and oxygen atoms in total. The molecule has 0 aliphatic rings. The van der Waals surface area contributed by atoms with Crippen molar-refractivity contribution in [2.75, 3.05) is 0 Å². The highest BCUT2D eigenvalue weighted by atomic mass is 16.2.